The summed E-state index contributed by atoms with van der Waals surface area (Å²) in [6.07, 6.45) is 2.33. The van der Waals surface area contributed by atoms with Crippen LogP contribution in [0, 0.1) is 0 Å². The molecule has 0 aliphatic heterocycles. The van der Waals surface area contributed by atoms with E-state index in [2.05, 4.69) is 8.67 Å². The lowest BCUT2D eigenvalue weighted by molar-refractivity contribution is -0.125. The Bertz CT molecular complexity index is 659. The molecule has 2 aliphatic carbocycles. The molecule has 2 rings (SSSR count). The van der Waals surface area contributed by atoms with E-state index in [0.717, 1.165) is 13.8 Å². The molecule has 0 aromatic rings. The highest BCUT2D eigenvalue weighted by molar-refractivity contribution is 7.91. The summed E-state index contributed by atoms with van der Waals surface area (Å²) in [4.78, 5) is 23.7. The van der Waals surface area contributed by atoms with Crippen molar-refractivity contribution in [2.75, 3.05) is 0 Å². The molecule has 0 unspecified atom stereocenters. The van der Waals surface area contributed by atoms with Gasteiger partial charge in [-0.1, -0.05) is 34.4 Å². The number of carbonyl (C=O) groups excluding carboxylic acids is 2. The Balaban J connectivity index is 2.25. The topological polar surface area (TPSA) is 121 Å². The second kappa shape index (κ2) is 6.47. The van der Waals surface area contributed by atoms with Crippen LogP contribution in [0.1, 0.15) is 65.2 Å². The summed E-state index contributed by atoms with van der Waals surface area (Å²) in [5, 5.41) is 0. The monoisotopic (exact) mass is 382 g/mol. The van der Waals surface area contributed by atoms with Gasteiger partial charge in [0.1, 0.15) is 0 Å². The predicted molar refractivity (Wildman–Crippen MR) is 83.8 cm³/mol. The normalized spacial score (nSPS) is 23.2. The molecule has 8 nitrogen and oxygen atoms in total. The minimum Gasteiger partial charge on any atom is -0.298 e. The average Bonchev–Trinajstić information content (AvgIpc) is 3.15. The van der Waals surface area contributed by atoms with Gasteiger partial charge < -0.3 is 0 Å². The van der Waals surface area contributed by atoms with Gasteiger partial charge >= 0.3 is 20.2 Å². The van der Waals surface area contributed by atoms with E-state index >= 15 is 0 Å². The molecular formula is C14H22O8S2. The number of rotatable bonds is 7. The summed E-state index contributed by atoms with van der Waals surface area (Å²) in [5.74, 6) is -1.22. The number of Topliss-reactive ketones (excluding diaryl/α,β-unsaturated/α-hetero) is 2. The van der Waals surface area contributed by atoms with E-state index in [9.17, 15) is 26.4 Å². The van der Waals surface area contributed by atoms with Crippen molar-refractivity contribution < 1.29 is 35.1 Å². The Kier molecular flexibility index (Phi) is 5.25. The molecule has 0 heterocycles. The number of hydrogen-bond acceptors (Lipinski definition) is 8. The fourth-order valence-electron chi connectivity index (χ4n) is 3.65. The zero-order valence-corrected chi connectivity index (χ0v) is 15.4. The van der Waals surface area contributed by atoms with Crippen LogP contribution in [0.15, 0.2) is 0 Å². The van der Waals surface area contributed by atoms with Crippen molar-refractivity contribution in [3.8, 4) is 0 Å². The van der Waals surface area contributed by atoms with Gasteiger partial charge in [0.25, 0.3) is 0 Å². The number of hydrogen-bond donors (Lipinski definition) is 0. The Morgan fingerprint density at radius 3 is 1.12 bits per heavy atom. The molecule has 2 fully saturated rings. The zero-order chi connectivity index (χ0) is 18.2. The number of carbonyl (C=O) groups is 2. The highest BCUT2D eigenvalue weighted by Gasteiger charge is 2.55. The van der Waals surface area contributed by atoms with Gasteiger partial charge in [-0.2, -0.15) is 16.8 Å². The first-order chi connectivity index (χ1) is 11.0. The van der Waals surface area contributed by atoms with Crippen LogP contribution in [0.25, 0.3) is 0 Å². The molecule has 0 amide bonds. The molecule has 10 heteroatoms. The van der Waals surface area contributed by atoms with Crippen LogP contribution in [0.2, 0.25) is 0 Å². The second-order valence-electron chi connectivity index (χ2n) is 6.56. The van der Waals surface area contributed by atoms with Gasteiger partial charge in [0.05, 0.1) is 0 Å². The third kappa shape index (κ3) is 2.93. The molecule has 138 valence electrons. The Morgan fingerprint density at radius 1 is 0.667 bits per heavy atom. The highest BCUT2D eigenvalue weighted by atomic mass is 32.2. The van der Waals surface area contributed by atoms with E-state index in [1.807, 2.05) is 0 Å². The van der Waals surface area contributed by atoms with Crippen LogP contribution in [-0.4, -0.2) is 37.9 Å². The SMILES string of the molecule is CC(=O)C1(S(=O)(=O)OOS(=O)(=O)C2(C(C)=O)CCCC2)CCCC1. The molecule has 24 heavy (non-hydrogen) atoms. The van der Waals surface area contributed by atoms with E-state index in [0.29, 0.717) is 25.7 Å². The van der Waals surface area contributed by atoms with Gasteiger partial charge in [-0.25, -0.2) is 0 Å². The Morgan fingerprint density at radius 2 is 0.917 bits per heavy atom. The lowest BCUT2D eigenvalue weighted by Gasteiger charge is -2.26. The van der Waals surface area contributed by atoms with Crippen LogP contribution >= 0.6 is 0 Å². The van der Waals surface area contributed by atoms with Crippen LogP contribution in [-0.2, 0) is 38.5 Å². The van der Waals surface area contributed by atoms with Crippen molar-refractivity contribution in [3.05, 3.63) is 0 Å². The molecule has 0 spiro atoms. The third-order valence-electron chi connectivity index (χ3n) is 5.27. The largest absolute Gasteiger partial charge is 0.307 e. The lowest BCUT2D eigenvalue weighted by Crippen LogP contribution is -2.47. The van der Waals surface area contributed by atoms with Crippen molar-refractivity contribution in [1.29, 1.82) is 0 Å². The van der Waals surface area contributed by atoms with Crippen molar-refractivity contribution in [3.63, 3.8) is 0 Å². The average molecular weight is 382 g/mol. The van der Waals surface area contributed by atoms with Crippen LogP contribution in [0.4, 0.5) is 0 Å². The molecule has 0 saturated heterocycles. The van der Waals surface area contributed by atoms with Gasteiger partial charge in [0.2, 0.25) is 0 Å². The smallest absolute Gasteiger partial charge is 0.298 e. The van der Waals surface area contributed by atoms with E-state index in [4.69, 9.17) is 0 Å². The summed E-state index contributed by atoms with van der Waals surface area (Å²) in [7, 11) is -9.20. The minimum atomic E-state index is -4.60. The van der Waals surface area contributed by atoms with Crippen molar-refractivity contribution in [1.82, 2.24) is 0 Å². The van der Waals surface area contributed by atoms with E-state index in [1.54, 1.807) is 0 Å². The molecule has 0 N–H and O–H groups in total. The van der Waals surface area contributed by atoms with Gasteiger partial charge in [-0.15, -0.1) is 0 Å². The molecular weight excluding hydrogens is 360 g/mol. The van der Waals surface area contributed by atoms with E-state index < -0.39 is 41.3 Å². The molecule has 0 radical (unpaired) electrons. The standard InChI is InChI=1S/C14H22O8S2/c1-11(15)13(7-3-4-8-13)23(17,18)21-22-24(19,20)14(12(2)16)9-5-6-10-14/h3-10H2,1-2H3. The maximum Gasteiger partial charge on any atom is 0.307 e. The van der Waals surface area contributed by atoms with E-state index in [1.165, 1.54) is 0 Å². The maximum absolute atomic E-state index is 12.4. The van der Waals surface area contributed by atoms with Crippen molar-refractivity contribution in [2.45, 2.75) is 74.7 Å². The molecule has 2 saturated carbocycles. The first kappa shape index (κ1) is 19.5. The minimum absolute atomic E-state index is 0.0614. The van der Waals surface area contributed by atoms with Crippen LogP contribution in [0.3, 0.4) is 0 Å². The summed E-state index contributed by atoms with van der Waals surface area (Å²) in [6, 6.07) is 0. The zero-order valence-electron chi connectivity index (χ0n) is 13.7. The van der Waals surface area contributed by atoms with Crippen LogP contribution in [0.5, 0.6) is 0 Å². The maximum atomic E-state index is 12.4. The summed E-state index contributed by atoms with van der Waals surface area (Å²) in [5.41, 5.74) is 0. The summed E-state index contributed by atoms with van der Waals surface area (Å²) < 4.78 is 54.8. The van der Waals surface area contributed by atoms with E-state index in [-0.39, 0.29) is 25.7 Å². The lowest BCUT2D eigenvalue weighted by atomic mass is 10.0. The predicted octanol–water partition coefficient (Wildman–Crippen LogP) is 1.40. The summed E-state index contributed by atoms with van der Waals surface area (Å²) in [6.45, 7) is 2.27. The van der Waals surface area contributed by atoms with Crippen LogP contribution < -0.4 is 0 Å². The quantitative estimate of drug-likeness (QED) is 0.478. The Labute approximate surface area is 142 Å². The molecule has 2 aliphatic rings. The molecule has 0 bridgehead atoms. The van der Waals surface area contributed by atoms with Crippen molar-refractivity contribution >= 4 is 31.8 Å². The van der Waals surface area contributed by atoms with Gasteiger partial charge in [-0.3, -0.25) is 9.59 Å². The first-order valence-corrected chi connectivity index (χ1v) is 10.7. The molecule has 0 aromatic carbocycles. The fourth-order valence-corrected chi connectivity index (χ4v) is 6.78. The third-order valence-corrected chi connectivity index (χ3v) is 9.16. The molecule has 0 atom stereocenters. The van der Waals surface area contributed by atoms with Gasteiger partial charge in [-0.05, 0) is 39.5 Å². The first-order valence-electron chi connectivity index (χ1n) is 7.90. The second-order valence-corrected chi connectivity index (χ2v) is 10.2. The number of ketones is 2. The van der Waals surface area contributed by atoms with Gasteiger partial charge in [0, 0.05) is 0 Å². The van der Waals surface area contributed by atoms with Crippen molar-refractivity contribution in [2.24, 2.45) is 0 Å². The highest BCUT2D eigenvalue weighted by Crippen LogP contribution is 2.41. The Hall–Kier alpha value is -0.840. The van der Waals surface area contributed by atoms with Gasteiger partial charge in [0.15, 0.2) is 21.1 Å². The molecule has 0 aromatic heterocycles. The summed E-state index contributed by atoms with van der Waals surface area (Å²) >= 11 is 0. The fraction of sp³-hybridized carbons (Fsp3) is 0.857.